The molecule has 3 aliphatic heterocycles. The highest BCUT2D eigenvalue weighted by atomic mass is 32.2. The highest BCUT2D eigenvalue weighted by molar-refractivity contribution is 7.98. The predicted molar refractivity (Wildman–Crippen MR) is 140 cm³/mol. The lowest BCUT2D eigenvalue weighted by Gasteiger charge is -2.53. The van der Waals surface area contributed by atoms with Gasteiger partial charge in [0.25, 0.3) is 5.91 Å². The second-order valence-electron chi connectivity index (χ2n) is 10.3. The minimum Gasteiger partial charge on any atom is -0.451 e. The number of ether oxygens (including phenoxy) is 3. The van der Waals surface area contributed by atoms with E-state index in [1.807, 2.05) is 29.3 Å². The summed E-state index contributed by atoms with van der Waals surface area (Å²) in [5.74, 6) is -2.58. The molecule has 1 aromatic heterocycles. The van der Waals surface area contributed by atoms with Gasteiger partial charge in [-0.3, -0.25) is 19.3 Å². The van der Waals surface area contributed by atoms with Crippen molar-refractivity contribution in [1.82, 2.24) is 9.58 Å². The van der Waals surface area contributed by atoms with Crippen LogP contribution in [0, 0.1) is 11.6 Å². The van der Waals surface area contributed by atoms with Crippen LogP contribution in [0.3, 0.4) is 0 Å². The van der Waals surface area contributed by atoms with E-state index in [-0.39, 0.29) is 35.9 Å². The first-order chi connectivity index (χ1) is 19.8. The number of morpholine rings is 1. The van der Waals surface area contributed by atoms with Crippen LogP contribution >= 0.6 is 11.8 Å². The normalized spacial score (nSPS) is 21.8. The lowest BCUT2D eigenvalue weighted by Crippen LogP contribution is -2.68. The zero-order chi connectivity index (χ0) is 28.5. The molecule has 13 heteroatoms. The minimum absolute atomic E-state index is 0.126. The molecule has 1 N–H and O–H groups in total. The first kappa shape index (κ1) is 25.8. The van der Waals surface area contributed by atoms with E-state index in [1.54, 1.807) is 11.0 Å². The van der Waals surface area contributed by atoms with Crippen molar-refractivity contribution < 1.29 is 37.7 Å². The Morgan fingerprint density at radius 3 is 2.71 bits per heavy atom. The molecule has 1 spiro atoms. The maximum absolute atomic E-state index is 15.3. The lowest BCUT2D eigenvalue weighted by atomic mass is 9.93. The number of nitrogens with zero attached hydrogens (tertiary/aromatic N) is 3. The largest absolute Gasteiger partial charge is 0.508 e. The molecule has 7 rings (SSSR count). The Morgan fingerprint density at radius 2 is 1.93 bits per heavy atom. The summed E-state index contributed by atoms with van der Waals surface area (Å²) in [7, 11) is 0. The number of carbonyl (C=O) groups is 2. The van der Waals surface area contributed by atoms with Crippen molar-refractivity contribution in [3.63, 3.8) is 0 Å². The van der Waals surface area contributed by atoms with Crippen molar-refractivity contribution in [2.24, 2.45) is 0 Å². The summed E-state index contributed by atoms with van der Waals surface area (Å²) in [4.78, 5) is 40.4. The molecule has 2 atom stereocenters. The molecule has 0 unspecified atom stereocenters. The van der Waals surface area contributed by atoms with Gasteiger partial charge >= 0.3 is 6.16 Å². The third kappa shape index (κ3) is 4.13. The summed E-state index contributed by atoms with van der Waals surface area (Å²) >= 11 is 1.38. The second kappa shape index (κ2) is 9.48. The van der Waals surface area contributed by atoms with Crippen LogP contribution in [-0.4, -0.2) is 58.5 Å². The Hall–Kier alpha value is -4.10. The summed E-state index contributed by atoms with van der Waals surface area (Å²) in [5, 5.41) is 10.7. The summed E-state index contributed by atoms with van der Waals surface area (Å²) in [6, 6.07) is 10.6. The van der Waals surface area contributed by atoms with E-state index in [4.69, 9.17) is 14.6 Å². The van der Waals surface area contributed by atoms with Gasteiger partial charge in [0.1, 0.15) is 6.17 Å². The van der Waals surface area contributed by atoms with Crippen LogP contribution in [-0.2, 0) is 15.2 Å². The fourth-order valence-corrected chi connectivity index (χ4v) is 6.99. The summed E-state index contributed by atoms with van der Waals surface area (Å²) < 4.78 is 47.5. The van der Waals surface area contributed by atoms with Gasteiger partial charge in [-0.2, -0.15) is 0 Å². The number of pyridine rings is 1. The number of carbonyl (C=O) groups excluding carboxylic acids is 1. The molecule has 4 aliphatic rings. The number of thioether (sulfide) groups is 1. The van der Waals surface area contributed by atoms with Gasteiger partial charge < -0.3 is 24.2 Å². The first-order valence-electron chi connectivity index (χ1n) is 12.9. The highest BCUT2D eigenvalue weighted by Gasteiger charge is 2.56. The summed E-state index contributed by atoms with van der Waals surface area (Å²) in [5.41, 5.74) is 0.250. The zero-order valence-corrected chi connectivity index (χ0v) is 22.2. The molecular weight excluding hydrogens is 560 g/mol. The van der Waals surface area contributed by atoms with E-state index < -0.39 is 53.7 Å². The van der Waals surface area contributed by atoms with E-state index in [0.717, 1.165) is 29.4 Å². The lowest BCUT2D eigenvalue weighted by molar-refractivity contribution is -0.0792. The van der Waals surface area contributed by atoms with E-state index in [2.05, 4.69) is 4.74 Å². The smallest absolute Gasteiger partial charge is 0.451 e. The van der Waals surface area contributed by atoms with Crippen molar-refractivity contribution in [3.05, 3.63) is 92.9 Å². The Bertz CT molecular complexity index is 1660. The number of carboxylic acid groups (broad SMARTS) is 1. The van der Waals surface area contributed by atoms with Crippen LogP contribution in [0.25, 0.3) is 0 Å². The van der Waals surface area contributed by atoms with Crippen LogP contribution in [0.15, 0.2) is 58.4 Å². The van der Waals surface area contributed by atoms with Gasteiger partial charge in [-0.15, -0.1) is 11.8 Å². The topological polar surface area (TPSA) is 111 Å². The van der Waals surface area contributed by atoms with Crippen molar-refractivity contribution >= 4 is 23.8 Å². The number of fused-ring (bicyclic) bond motifs is 4. The van der Waals surface area contributed by atoms with Crippen molar-refractivity contribution in [3.8, 4) is 5.75 Å². The maximum atomic E-state index is 15.3. The minimum atomic E-state index is -1.61. The van der Waals surface area contributed by atoms with E-state index in [9.17, 15) is 18.8 Å². The SMILES string of the molecule is O=C(O)OCOc1c2n(ccc1=O)N([C@@H]1c3ccccc3SCc3c1ccc(F)c3F)[C@@H]1COC3(CC3)CN1C2=O. The fraction of sp³-hybridized carbons (Fsp3) is 0.321. The quantitative estimate of drug-likeness (QED) is 0.362. The molecule has 41 heavy (non-hydrogen) atoms. The summed E-state index contributed by atoms with van der Waals surface area (Å²) in [6.07, 6.45) is 0.701. The van der Waals surface area contributed by atoms with Crippen LogP contribution in [0.1, 0.15) is 46.1 Å². The van der Waals surface area contributed by atoms with Gasteiger partial charge in [0.05, 0.1) is 24.8 Å². The number of hydrogen-bond donors (Lipinski definition) is 1. The molecule has 3 aromatic rings. The average Bonchev–Trinajstić information content (AvgIpc) is 3.74. The van der Waals surface area contributed by atoms with Gasteiger partial charge in [0.15, 0.2) is 17.3 Å². The molecule has 0 radical (unpaired) electrons. The third-order valence-electron chi connectivity index (χ3n) is 7.98. The van der Waals surface area contributed by atoms with Gasteiger partial charge in [-0.05, 0) is 36.1 Å². The van der Waals surface area contributed by atoms with Crippen molar-refractivity contribution in [2.75, 3.05) is 25.0 Å². The number of amides is 1. The number of aromatic nitrogens is 1. The van der Waals surface area contributed by atoms with Crippen LogP contribution in [0.4, 0.5) is 13.6 Å². The number of halogens is 2. The molecular formula is C28H23F2N3O7S. The fourth-order valence-electron chi connectivity index (χ4n) is 5.87. The standard InChI is InChI=1S/C28H23F2N3O7S/c29-18-6-5-15-17(22(18)30)12-41-20-4-2-1-3-16(20)23(15)33-21-11-40-28(8-9-28)13-31(21)26(35)24-25(38-14-39-27(36)37)19(34)7-10-32(24)33/h1-7,10,21,23H,8-9,11-14H2,(H,36,37)/t21-,23+/m1/s1. The van der Waals surface area contributed by atoms with Crippen LogP contribution < -0.4 is 15.2 Å². The van der Waals surface area contributed by atoms with E-state index >= 15 is 4.39 Å². The molecule has 0 bridgehead atoms. The third-order valence-corrected chi connectivity index (χ3v) is 9.10. The van der Waals surface area contributed by atoms with E-state index in [0.29, 0.717) is 5.56 Å². The zero-order valence-electron chi connectivity index (χ0n) is 21.4. The highest BCUT2D eigenvalue weighted by Crippen LogP contribution is 2.48. The van der Waals surface area contributed by atoms with Gasteiger partial charge in [0.2, 0.25) is 18.0 Å². The predicted octanol–water partition coefficient (Wildman–Crippen LogP) is 3.84. The van der Waals surface area contributed by atoms with Crippen molar-refractivity contribution in [1.29, 1.82) is 0 Å². The molecule has 10 nitrogen and oxygen atoms in total. The molecule has 1 saturated carbocycles. The molecule has 212 valence electrons. The molecule has 2 fully saturated rings. The summed E-state index contributed by atoms with van der Waals surface area (Å²) in [6.45, 7) is -0.406. The van der Waals surface area contributed by atoms with Gasteiger partial charge in [-0.25, -0.2) is 13.6 Å². The van der Waals surface area contributed by atoms with Gasteiger partial charge in [0, 0.05) is 28.5 Å². The average molecular weight is 584 g/mol. The second-order valence-corrected chi connectivity index (χ2v) is 11.3. The monoisotopic (exact) mass is 583 g/mol. The molecule has 1 aliphatic carbocycles. The van der Waals surface area contributed by atoms with Crippen LogP contribution in [0.2, 0.25) is 0 Å². The Kier molecular flexibility index (Phi) is 5.98. The Morgan fingerprint density at radius 1 is 1.12 bits per heavy atom. The number of hydrogen-bond acceptors (Lipinski definition) is 8. The molecule has 2 aromatic carbocycles. The number of benzene rings is 2. The molecule has 1 amide bonds. The van der Waals surface area contributed by atoms with E-state index in [1.165, 1.54) is 28.7 Å². The first-order valence-corrected chi connectivity index (χ1v) is 13.9. The number of rotatable bonds is 4. The van der Waals surface area contributed by atoms with Gasteiger partial charge in [-0.1, -0.05) is 24.3 Å². The van der Waals surface area contributed by atoms with Crippen LogP contribution in [0.5, 0.6) is 5.75 Å². The maximum Gasteiger partial charge on any atom is 0.508 e. The van der Waals surface area contributed by atoms with Crippen molar-refractivity contribution in [2.45, 2.75) is 41.3 Å². The Labute approximate surface area is 236 Å². The molecule has 1 saturated heterocycles. The Balaban J connectivity index is 1.47. The molecule has 4 heterocycles.